The summed E-state index contributed by atoms with van der Waals surface area (Å²) in [5.41, 5.74) is 0. The number of nitrogens with zero attached hydrogens (tertiary/aromatic N) is 1. The molecular formula is C14H25N3O3. The lowest BCUT2D eigenvalue weighted by molar-refractivity contribution is -0.137. The van der Waals surface area contributed by atoms with E-state index in [0.29, 0.717) is 18.4 Å². The minimum Gasteiger partial charge on any atom is -0.481 e. The van der Waals surface area contributed by atoms with Gasteiger partial charge in [0.15, 0.2) is 0 Å². The van der Waals surface area contributed by atoms with Gasteiger partial charge in [-0.15, -0.1) is 0 Å². The largest absolute Gasteiger partial charge is 0.481 e. The van der Waals surface area contributed by atoms with E-state index in [1.165, 1.54) is 0 Å². The number of hydrogen-bond acceptors (Lipinski definition) is 3. The van der Waals surface area contributed by atoms with Crippen LogP contribution < -0.4 is 10.6 Å². The average Bonchev–Trinajstić information content (AvgIpc) is 3.14. The van der Waals surface area contributed by atoms with E-state index in [1.54, 1.807) is 0 Å². The average molecular weight is 283 g/mol. The van der Waals surface area contributed by atoms with E-state index in [-0.39, 0.29) is 18.5 Å². The minimum absolute atomic E-state index is 0.0190. The highest BCUT2D eigenvalue weighted by atomic mass is 16.4. The summed E-state index contributed by atoms with van der Waals surface area (Å²) < 4.78 is 0. The third-order valence-corrected chi connectivity index (χ3v) is 4.27. The van der Waals surface area contributed by atoms with E-state index in [0.717, 1.165) is 38.9 Å². The maximum Gasteiger partial charge on any atom is 0.315 e. The molecular weight excluding hydrogens is 258 g/mol. The first-order valence-corrected chi connectivity index (χ1v) is 7.57. The standard InChI is InChI=1S/C14H25N3O3/c1-2-17-6-5-10(9-17)8-15-14(20)16-12(7-13(18)19)11-3-4-11/h10-12H,2-9H2,1H3,(H,18,19)(H2,15,16,20). The van der Waals surface area contributed by atoms with E-state index in [4.69, 9.17) is 5.11 Å². The normalized spacial score (nSPS) is 24.4. The van der Waals surface area contributed by atoms with Gasteiger partial charge < -0.3 is 20.6 Å². The van der Waals surface area contributed by atoms with Crippen LogP contribution in [-0.2, 0) is 4.79 Å². The smallest absolute Gasteiger partial charge is 0.315 e. The second kappa shape index (κ2) is 6.92. The lowest BCUT2D eigenvalue weighted by Crippen LogP contribution is -2.45. The Morgan fingerprint density at radius 3 is 2.65 bits per heavy atom. The Hall–Kier alpha value is -1.30. The van der Waals surface area contributed by atoms with Crippen molar-refractivity contribution in [3.63, 3.8) is 0 Å². The number of rotatable bonds is 7. The summed E-state index contributed by atoms with van der Waals surface area (Å²) >= 11 is 0. The third kappa shape index (κ3) is 4.67. The van der Waals surface area contributed by atoms with E-state index in [1.807, 2.05) is 0 Å². The number of carbonyl (C=O) groups is 2. The monoisotopic (exact) mass is 283 g/mol. The van der Waals surface area contributed by atoms with E-state index in [9.17, 15) is 9.59 Å². The van der Waals surface area contributed by atoms with Crippen molar-refractivity contribution < 1.29 is 14.7 Å². The molecule has 0 spiro atoms. The summed E-state index contributed by atoms with van der Waals surface area (Å²) in [7, 11) is 0. The highest BCUT2D eigenvalue weighted by molar-refractivity contribution is 5.75. The van der Waals surface area contributed by atoms with Crippen LogP contribution in [0, 0.1) is 11.8 Å². The summed E-state index contributed by atoms with van der Waals surface area (Å²) in [5, 5.41) is 14.6. The molecule has 1 saturated heterocycles. The lowest BCUT2D eigenvalue weighted by atomic mass is 10.1. The van der Waals surface area contributed by atoms with Crippen molar-refractivity contribution in [2.24, 2.45) is 11.8 Å². The number of carboxylic acids is 1. The Kier molecular flexibility index (Phi) is 5.23. The van der Waals surface area contributed by atoms with Crippen molar-refractivity contribution in [3.8, 4) is 0 Å². The summed E-state index contributed by atoms with van der Waals surface area (Å²) in [4.78, 5) is 25.0. The third-order valence-electron chi connectivity index (χ3n) is 4.27. The molecule has 20 heavy (non-hydrogen) atoms. The van der Waals surface area contributed by atoms with Crippen LogP contribution in [0.25, 0.3) is 0 Å². The molecule has 0 radical (unpaired) electrons. The van der Waals surface area contributed by atoms with Crippen LogP contribution in [0.4, 0.5) is 4.79 Å². The molecule has 6 nitrogen and oxygen atoms in total. The highest BCUT2D eigenvalue weighted by Crippen LogP contribution is 2.33. The summed E-state index contributed by atoms with van der Waals surface area (Å²) in [6, 6.07) is -0.443. The molecule has 1 heterocycles. The number of likely N-dealkylation sites (tertiary alicyclic amines) is 1. The lowest BCUT2D eigenvalue weighted by Gasteiger charge is -2.18. The SMILES string of the molecule is CCN1CCC(CNC(=O)NC(CC(=O)O)C2CC2)C1. The van der Waals surface area contributed by atoms with Gasteiger partial charge in [-0.05, 0) is 44.2 Å². The Morgan fingerprint density at radius 1 is 1.35 bits per heavy atom. The second-order valence-corrected chi connectivity index (χ2v) is 5.94. The topological polar surface area (TPSA) is 81.7 Å². The Morgan fingerprint density at radius 2 is 2.10 bits per heavy atom. The molecule has 2 amide bonds. The molecule has 1 saturated carbocycles. The number of urea groups is 1. The van der Waals surface area contributed by atoms with Crippen LogP contribution in [0.5, 0.6) is 0 Å². The molecule has 114 valence electrons. The van der Waals surface area contributed by atoms with Gasteiger partial charge in [-0.3, -0.25) is 4.79 Å². The molecule has 2 unspecified atom stereocenters. The predicted octanol–water partition coefficient (Wildman–Crippen LogP) is 0.881. The van der Waals surface area contributed by atoms with Crippen molar-refractivity contribution in [1.29, 1.82) is 0 Å². The molecule has 6 heteroatoms. The van der Waals surface area contributed by atoms with Gasteiger partial charge in [0, 0.05) is 19.1 Å². The fraction of sp³-hybridized carbons (Fsp3) is 0.857. The number of amides is 2. The second-order valence-electron chi connectivity index (χ2n) is 5.94. The molecule has 1 aliphatic carbocycles. The van der Waals surface area contributed by atoms with Gasteiger partial charge in [-0.25, -0.2) is 4.79 Å². The van der Waals surface area contributed by atoms with Crippen LogP contribution >= 0.6 is 0 Å². The van der Waals surface area contributed by atoms with Crippen LogP contribution in [-0.4, -0.2) is 54.2 Å². The zero-order valence-electron chi connectivity index (χ0n) is 12.1. The zero-order chi connectivity index (χ0) is 14.5. The van der Waals surface area contributed by atoms with Crippen LogP contribution in [0.2, 0.25) is 0 Å². The number of nitrogens with one attached hydrogen (secondary N) is 2. The molecule has 0 aromatic heterocycles. The minimum atomic E-state index is -0.850. The van der Waals surface area contributed by atoms with E-state index in [2.05, 4.69) is 22.5 Å². The fourth-order valence-electron chi connectivity index (χ4n) is 2.85. The molecule has 2 atom stereocenters. The number of carbonyl (C=O) groups excluding carboxylic acids is 1. The van der Waals surface area contributed by atoms with Gasteiger partial charge in [-0.1, -0.05) is 6.92 Å². The molecule has 0 aromatic carbocycles. The molecule has 0 bridgehead atoms. The fourth-order valence-corrected chi connectivity index (χ4v) is 2.85. The van der Waals surface area contributed by atoms with Gasteiger partial charge in [0.1, 0.15) is 0 Å². The summed E-state index contributed by atoms with van der Waals surface area (Å²) in [5.74, 6) is 0.00930. The van der Waals surface area contributed by atoms with Gasteiger partial charge >= 0.3 is 12.0 Å². The molecule has 2 fully saturated rings. The van der Waals surface area contributed by atoms with Crippen LogP contribution in [0.3, 0.4) is 0 Å². The molecule has 3 N–H and O–H groups in total. The predicted molar refractivity (Wildman–Crippen MR) is 75.5 cm³/mol. The number of carboxylic acid groups (broad SMARTS) is 1. The molecule has 1 aliphatic heterocycles. The first kappa shape index (κ1) is 15.1. The van der Waals surface area contributed by atoms with Gasteiger partial charge in [0.25, 0.3) is 0 Å². The first-order valence-electron chi connectivity index (χ1n) is 7.57. The molecule has 2 rings (SSSR count). The van der Waals surface area contributed by atoms with Crippen molar-refractivity contribution in [1.82, 2.24) is 15.5 Å². The Bertz CT molecular complexity index is 358. The Balaban J connectivity index is 1.67. The Labute approximate surface area is 119 Å². The van der Waals surface area contributed by atoms with Crippen molar-refractivity contribution in [3.05, 3.63) is 0 Å². The van der Waals surface area contributed by atoms with Crippen molar-refractivity contribution >= 4 is 12.0 Å². The maximum atomic E-state index is 11.8. The summed E-state index contributed by atoms with van der Waals surface area (Å²) in [6.45, 7) is 6.03. The number of aliphatic carboxylic acids is 1. The van der Waals surface area contributed by atoms with E-state index >= 15 is 0 Å². The van der Waals surface area contributed by atoms with Gasteiger partial charge in [-0.2, -0.15) is 0 Å². The van der Waals surface area contributed by atoms with Crippen LogP contribution in [0.1, 0.15) is 32.6 Å². The van der Waals surface area contributed by atoms with Gasteiger partial charge in [0.05, 0.1) is 6.42 Å². The van der Waals surface area contributed by atoms with Gasteiger partial charge in [0.2, 0.25) is 0 Å². The maximum absolute atomic E-state index is 11.8. The molecule has 0 aromatic rings. The van der Waals surface area contributed by atoms with Crippen LogP contribution in [0.15, 0.2) is 0 Å². The summed E-state index contributed by atoms with van der Waals surface area (Å²) in [6.07, 6.45) is 3.18. The quantitative estimate of drug-likeness (QED) is 0.648. The first-order chi connectivity index (χ1) is 9.58. The van der Waals surface area contributed by atoms with Crippen molar-refractivity contribution in [2.45, 2.75) is 38.6 Å². The zero-order valence-corrected chi connectivity index (χ0v) is 12.1. The van der Waals surface area contributed by atoms with Crippen molar-refractivity contribution in [2.75, 3.05) is 26.2 Å². The number of hydrogen-bond donors (Lipinski definition) is 3. The molecule has 2 aliphatic rings. The van der Waals surface area contributed by atoms with E-state index < -0.39 is 5.97 Å². The highest BCUT2D eigenvalue weighted by Gasteiger charge is 2.33.